The lowest BCUT2D eigenvalue weighted by Gasteiger charge is -2.36. The summed E-state index contributed by atoms with van der Waals surface area (Å²) in [6.07, 6.45) is 0. The van der Waals surface area contributed by atoms with Crippen LogP contribution in [0.4, 0.5) is 11.4 Å². The standard InChI is InChI=1S/C27H29N3O5/c1-33-23-17-20(18-24(34-2)25(23)35-3)26(31)28-21-11-9-19(10-12-21)27(32)30-15-13-29(14-16-30)22-7-5-4-6-8-22/h4-12,17-18H,13-16H2,1-3H3,(H,28,31). The maximum atomic E-state index is 13.0. The number of rotatable bonds is 7. The highest BCUT2D eigenvalue weighted by Crippen LogP contribution is 2.38. The number of hydrogen-bond donors (Lipinski definition) is 1. The van der Waals surface area contributed by atoms with E-state index < -0.39 is 0 Å². The van der Waals surface area contributed by atoms with Gasteiger partial charge in [0, 0.05) is 48.7 Å². The van der Waals surface area contributed by atoms with Gasteiger partial charge in [0.05, 0.1) is 21.3 Å². The quantitative estimate of drug-likeness (QED) is 0.558. The summed E-state index contributed by atoms with van der Waals surface area (Å²) in [6, 6.07) is 20.3. The summed E-state index contributed by atoms with van der Waals surface area (Å²) >= 11 is 0. The molecule has 0 saturated carbocycles. The number of anilines is 2. The molecule has 0 radical (unpaired) electrons. The fraction of sp³-hybridized carbons (Fsp3) is 0.259. The van der Waals surface area contributed by atoms with E-state index in [1.54, 1.807) is 36.4 Å². The van der Waals surface area contributed by atoms with Gasteiger partial charge < -0.3 is 29.3 Å². The number of carbonyl (C=O) groups excluding carboxylic acids is 2. The lowest BCUT2D eigenvalue weighted by molar-refractivity contribution is 0.0746. The highest BCUT2D eigenvalue weighted by molar-refractivity contribution is 6.05. The second kappa shape index (κ2) is 10.8. The molecular weight excluding hydrogens is 446 g/mol. The molecule has 0 aromatic heterocycles. The third-order valence-corrected chi connectivity index (χ3v) is 6.00. The Morgan fingerprint density at radius 1 is 0.743 bits per heavy atom. The van der Waals surface area contributed by atoms with Crippen LogP contribution in [-0.4, -0.2) is 64.2 Å². The molecule has 3 aromatic rings. The Kier molecular flexibility index (Phi) is 7.40. The van der Waals surface area contributed by atoms with Crippen LogP contribution in [0, 0.1) is 0 Å². The molecule has 3 aromatic carbocycles. The van der Waals surface area contributed by atoms with Gasteiger partial charge in [-0.15, -0.1) is 0 Å². The van der Waals surface area contributed by atoms with Gasteiger partial charge in [-0.25, -0.2) is 0 Å². The molecule has 8 heteroatoms. The third kappa shape index (κ3) is 5.32. The SMILES string of the molecule is COc1cc(C(=O)Nc2ccc(C(=O)N3CCN(c4ccccc4)CC3)cc2)cc(OC)c1OC. The van der Waals surface area contributed by atoms with Gasteiger partial charge in [-0.2, -0.15) is 0 Å². The maximum absolute atomic E-state index is 13.0. The summed E-state index contributed by atoms with van der Waals surface area (Å²) < 4.78 is 15.9. The van der Waals surface area contributed by atoms with Crippen LogP contribution in [0.5, 0.6) is 17.2 Å². The molecule has 1 saturated heterocycles. The first-order chi connectivity index (χ1) is 17.0. The van der Waals surface area contributed by atoms with Crippen molar-refractivity contribution in [3.05, 3.63) is 77.9 Å². The summed E-state index contributed by atoms with van der Waals surface area (Å²) in [4.78, 5) is 29.9. The monoisotopic (exact) mass is 475 g/mol. The molecule has 1 heterocycles. The van der Waals surface area contributed by atoms with E-state index in [1.165, 1.54) is 27.0 Å². The summed E-state index contributed by atoms with van der Waals surface area (Å²) in [7, 11) is 4.50. The first-order valence-corrected chi connectivity index (χ1v) is 11.3. The molecule has 0 bridgehead atoms. The molecule has 182 valence electrons. The summed E-state index contributed by atoms with van der Waals surface area (Å²) in [5.41, 5.74) is 2.70. The van der Waals surface area contributed by atoms with Gasteiger partial charge in [0.25, 0.3) is 11.8 Å². The number of nitrogens with one attached hydrogen (secondary N) is 1. The van der Waals surface area contributed by atoms with Crippen molar-refractivity contribution in [1.82, 2.24) is 4.90 Å². The molecule has 0 atom stereocenters. The molecule has 0 spiro atoms. The Labute approximate surface area is 205 Å². The summed E-state index contributed by atoms with van der Waals surface area (Å²) in [5, 5.41) is 2.85. The average molecular weight is 476 g/mol. The van der Waals surface area contributed by atoms with Crippen LogP contribution in [0.25, 0.3) is 0 Å². The molecule has 1 aliphatic rings. The zero-order chi connectivity index (χ0) is 24.8. The first-order valence-electron chi connectivity index (χ1n) is 11.3. The fourth-order valence-corrected chi connectivity index (χ4v) is 4.10. The van der Waals surface area contributed by atoms with E-state index in [9.17, 15) is 9.59 Å². The second-order valence-corrected chi connectivity index (χ2v) is 8.06. The van der Waals surface area contributed by atoms with Gasteiger partial charge in [0.15, 0.2) is 11.5 Å². The smallest absolute Gasteiger partial charge is 0.255 e. The molecule has 4 rings (SSSR count). The van der Waals surface area contributed by atoms with Crippen molar-refractivity contribution in [2.75, 3.05) is 57.7 Å². The van der Waals surface area contributed by atoms with E-state index in [4.69, 9.17) is 14.2 Å². The zero-order valence-electron chi connectivity index (χ0n) is 20.1. The first kappa shape index (κ1) is 23.9. The van der Waals surface area contributed by atoms with Crippen molar-refractivity contribution in [2.45, 2.75) is 0 Å². The lowest BCUT2D eigenvalue weighted by Crippen LogP contribution is -2.48. The average Bonchev–Trinajstić information content (AvgIpc) is 2.92. The molecule has 8 nitrogen and oxygen atoms in total. The van der Waals surface area contributed by atoms with Crippen LogP contribution >= 0.6 is 0 Å². The number of carbonyl (C=O) groups is 2. The second-order valence-electron chi connectivity index (χ2n) is 8.06. The van der Waals surface area contributed by atoms with Crippen LogP contribution in [0.2, 0.25) is 0 Å². The van der Waals surface area contributed by atoms with Crippen molar-refractivity contribution in [1.29, 1.82) is 0 Å². The van der Waals surface area contributed by atoms with Gasteiger partial charge in [-0.1, -0.05) is 18.2 Å². The van der Waals surface area contributed by atoms with Gasteiger partial charge in [-0.3, -0.25) is 9.59 Å². The highest BCUT2D eigenvalue weighted by Gasteiger charge is 2.22. The van der Waals surface area contributed by atoms with Crippen molar-refractivity contribution in [2.24, 2.45) is 0 Å². The number of hydrogen-bond acceptors (Lipinski definition) is 6. The molecule has 35 heavy (non-hydrogen) atoms. The van der Waals surface area contributed by atoms with Gasteiger partial charge in [-0.05, 0) is 48.5 Å². The maximum Gasteiger partial charge on any atom is 0.255 e. The van der Waals surface area contributed by atoms with Crippen molar-refractivity contribution in [3.63, 3.8) is 0 Å². The van der Waals surface area contributed by atoms with E-state index >= 15 is 0 Å². The number of para-hydroxylation sites is 1. The Balaban J connectivity index is 1.38. The Morgan fingerprint density at radius 2 is 1.34 bits per heavy atom. The predicted molar refractivity (Wildman–Crippen MR) is 135 cm³/mol. The van der Waals surface area contributed by atoms with Gasteiger partial charge in [0.1, 0.15) is 0 Å². The number of piperazine rings is 1. The predicted octanol–water partition coefficient (Wildman–Crippen LogP) is 3.93. The molecular formula is C27H29N3O5. The Hall–Kier alpha value is -4.20. The van der Waals surface area contributed by atoms with Crippen LogP contribution < -0.4 is 24.4 Å². The summed E-state index contributed by atoms with van der Waals surface area (Å²) in [6.45, 7) is 2.90. The molecule has 0 unspecified atom stereocenters. The summed E-state index contributed by atoms with van der Waals surface area (Å²) in [5.74, 6) is 0.857. The largest absolute Gasteiger partial charge is 0.493 e. The lowest BCUT2D eigenvalue weighted by atomic mass is 10.1. The normalized spacial score (nSPS) is 13.2. The molecule has 1 N–H and O–H groups in total. The number of methoxy groups -OCH3 is 3. The van der Waals surface area contributed by atoms with Gasteiger partial charge in [0.2, 0.25) is 5.75 Å². The van der Waals surface area contributed by atoms with Crippen molar-refractivity contribution < 1.29 is 23.8 Å². The van der Waals surface area contributed by atoms with E-state index in [2.05, 4.69) is 22.3 Å². The zero-order valence-corrected chi connectivity index (χ0v) is 20.1. The minimum Gasteiger partial charge on any atom is -0.493 e. The van der Waals surface area contributed by atoms with E-state index in [-0.39, 0.29) is 11.8 Å². The Bertz CT molecular complexity index is 1150. The van der Waals surface area contributed by atoms with Crippen LogP contribution in [0.1, 0.15) is 20.7 Å². The third-order valence-electron chi connectivity index (χ3n) is 6.00. The number of benzene rings is 3. The highest BCUT2D eigenvalue weighted by atomic mass is 16.5. The number of ether oxygens (including phenoxy) is 3. The molecule has 0 aliphatic carbocycles. The van der Waals surface area contributed by atoms with Crippen molar-refractivity contribution >= 4 is 23.2 Å². The number of amides is 2. The number of nitrogens with zero attached hydrogens (tertiary/aromatic N) is 2. The van der Waals surface area contributed by atoms with E-state index in [0.29, 0.717) is 47.2 Å². The minimum atomic E-state index is -0.333. The van der Waals surface area contributed by atoms with Crippen molar-refractivity contribution in [3.8, 4) is 17.2 Å². The van der Waals surface area contributed by atoms with E-state index in [1.807, 2.05) is 23.1 Å². The van der Waals surface area contributed by atoms with Crippen LogP contribution in [0.3, 0.4) is 0 Å². The fourth-order valence-electron chi connectivity index (χ4n) is 4.10. The van der Waals surface area contributed by atoms with Gasteiger partial charge >= 0.3 is 0 Å². The van der Waals surface area contributed by atoms with E-state index in [0.717, 1.165) is 13.1 Å². The van der Waals surface area contributed by atoms with Crippen LogP contribution in [0.15, 0.2) is 66.7 Å². The molecule has 1 aliphatic heterocycles. The molecule has 2 amide bonds. The Morgan fingerprint density at radius 3 is 1.89 bits per heavy atom. The molecule has 1 fully saturated rings. The minimum absolute atomic E-state index is 0.0137. The van der Waals surface area contributed by atoms with Crippen LogP contribution in [-0.2, 0) is 0 Å². The topological polar surface area (TPSA) is 80.3 Å².